The fourth-order valence-corrected chi connectivity index (χ4v) is 1.78. The number of hydrogen-bond donors (Lipinski definition) is 2. The molecule has 0 spiro atoms. The van der Waals surface area contributed by atoms with Crippen molar-refractivity contribution in [1.29, 1.82) is 0 Å². The number of rotatable bonds is 4. The van der Waals surface area contributed by atoms with Crippen LogP contribution in [0.25, 0.3) is 0 Å². The maximum Gasteiger partial charge on any atom is 0.408 e. The summed E-state index contributed by atoms with van der Waals surface area (Å²) in [6.45, 7) is 9.04. The molecule has 1 aliphatic carbocycles. The van der Waals surface area contributed by atoms with Gasteiger partial charge in [0.2, 0.25) is 0 Å². The van der Waals surface area contributed by atoms with Crippen LogP contribution in [0.3, 0.4) is 0 Å². The molecule has 0 saturated heterocycles. The molecule has 2 N–H and O–H groups in total. The van der Waals surface area contributed by atoms with E-state index in [1.807, 2.05) is 20.8 Å². The lowest BCUT2D eigenvalue weighted by atomic mass is 10.1. The number of nitrogens with one attached hydrogen (secondary N) is 1. The van der Waals surface area contributed by atoms with E-state index in [2.05, 4.69) is 11.9 Å². The summed E-state index contributed by atoms with van der Waals surface area (Å²) in [5.41, 5.74) is -1.000. The van der Waals surface area contributed by atoms with Gasteiger partial charge in [0.15, 0.2) is 0 Å². The summed E-state index contributed by atoms with van der Waals surface area (Å²) in [7, 11) is 0. The second kappa shape index (κ2) is 4.45. The minimum Gasteiger partial charge on any atom is -0.444 e. The smallest absolute Gasteiger partial charge is 0.408 e. The van der Waals surface area contributed by atoms with Crippen LogP contribution in [0.5, 0.6) is 0 Å². The van der Waals surface area contributed by atoms with Gasteiger partial charge in [-0.05, 0) is 39.5 Å². The summed E-state index contributed by atoms with van der Waals surface area (Å²) in [6, 6.07) is 0. The molecule has 1 aliphatic rings. The van der Waals surface area contributed by atoms with E-state index in [0.29, 0.717) is 0 Å². The van der Waals surface area contributed by atoms with Crippen molar-refractivity contribution in [1.82, 2.24) is 5.32 Å². The SMILES string of the molecule is C=CCC1CC1(CO)NC(=O)OC(C)(C)C. The first-order valence-electron chi connectivity index (χ1n) is 5.56. The molecule has 92 valence electrons. The number of aliphatic hydroxyl groups excluding tert-OH is 1. The van der Waals surface area contributed by atoms with Crippen molar-refractivity contribution in [2.45, 2.75) is 44.8 Å². The molecule has 1 saturated carbocycles. The van der Waals surface area contributed by atoms with Crippen LogP contribution in [-0.2, 0) is 4.74 Å². The molecule has 2 unspecified atom stereocenters. The average Bonchev–Trinajstić information content (AvgIpc) is 2.76. The van der Waals surface area contributed by atoms with Gasteiger partial charge in [-0.3, -0.25) is 0 Å². The molecule has 0 aromatic carbocycles. The van der Waals surface area contributed by atoms with Crippen LogP contribution in [0, 0.1) is 5.92 Å². The van der Waals surface area contributed by atoms with Crippen LogP contribution in [-0.4, -0.2) is 28.9 Å². The number of carbonyl (C=O) groups excluding carboxylic acids is 1. The number of hydrogen-bond acceptors (Lipinski definition) is 3. The fraction of sp³-hybridized carbons (Fsp3) is 0.750. The Morgan fingerprint density at radius 3 is 2.75 bits per heavy atom. The third-order valence-electron chi connectivity index (χ3n) is 2.72. The molecule has 0 aromatic rings. The highest BCUT2D eigenvalue weighted by molar-refractivity contribution is 5.69. The van der Waals surface area contributed by atoms with Crippen molar-refractivity contribution in [3.05, 3.63) is 12.7 Å². The number of allylic oxidation sites excluding steroid dienone is 1. The van der Waals surface area contributed by atoms with Crippen LogP contribution in [0.15, 0.2) is 12.7 Å². The quantitative estimate of drug-likeness (QED) is 0.720. The summed E-state index contributed by atoms with van der Waals surface area (Å²) < 4.78 is 5.15. The van der Waals surface area contributed by atoms with Gasteiger partial charge in [0.25, 0.3) is 0 Å². The summed E-state index contributed by atoms with van der Waals surface area (Å²) in [5, 5.41) is 12.0. The zero-order valence-electron chi connectivity index (χ0n) is 10.2. The summed E-state index contributed by atoms with van der Waals surface area (Å²) in [5.74, 6) is 0.280. The Bertz CT molecular complexity index is 282. The lowest BCUT2D eigenvalue weighted by molar-refractivity contribution is 0.0462. The second-order valence-corrected chi connectivity index (χ2v) is 5.37. The van der Waals surface area contributed by atoms with Gasteiger partial charge in [-0.1, -0.05) is 6.08 Å². The summed E-state index contributed by atoms with van der Waals surface area (Å²) in [6.07, 6.45) is 2.93. The Kier molecular flexibility index (Phi) is 3.63. The van der Waals surface area contributed by atoms with Crippen LogP contribution in [0.2, 0.25) is 0 Å². The second-order valence-electron chi connectivity index (χ2n) is 5.37. The average molecular weight is 227 g/mol. The standard InChI is InChI=1S/C12H21NO3/c1-5-6-9-7-12(9,8-14)13-10(15)16-11(2,3)4/h5,9,14H,1,6-8H2,2-4H3,(H,13,15). The van der Waals surface area contributed by atoms with Crippen molar-refractivity contribution >= 4 is 6.09 Å². The topological polar surface area (TPSA) is 58.6 Å². The number of carbonyl (C=O) groups is 1. The van der Waals surface area contributed by atoms with E-state index in [0.717, 1.165) is 12.8 Å². The molecule has 4 nitrogen and oxygen atoms in total. The zero-order chi connectivity index (χ0) is 12.4. The van der Waals surface area contributed by atoms with Crippen molar-refractivity contribution < 1.29 is 14.6 Å². The van der Waals surface area contributed by atoms with Gasteiger partial charge >= 0.3 is 6.09 Å². The monoisotopic (exact) mass is 227 g/mol. The minimum absolute atomic E-state index is 0.0508. The van der Waals surface area contributed by atoms with E-state index >= 15 is 0 Å². The Morgan fingerprint density at radius 1 is 1.69 bits per heavy atom. The third-order valence-corrected chi connectivity index (χ3v) is 2.72. The largest absolute Gasteiger partial charge is 0.444 e. The molecule has 0 aliphatic heterocycles. The maximum atomic E-state index is 11.6. The summed E-state index contributed by atoms with van der Waals surface area (Å²) >= 11 is 0. The molecule has 0 heterocycles. The highest BCUT2D eigenvalue weighted by Crippen LogP contribution is 2.45. The molecule has 1 fully saturated rings. The molecule has 1 amide bonds. The molecule has 0 radical (unpaired) electrons. The molecule has 0 bridgehead atoms. The Labute approximate surface area is 96.7 Å². The molecule has 4 heteroatoms. The predicted octanol–water partition coefficient (Wildman–Crippen LogP) is 1.84. The minimum atomic E-state index is -0.510. The Hall–Kier alpha value is -1.03. The first kappa shape index (κ1) is 13.0. The molecule has 2 atom stereocenters. The van der Waals surface area contributed by atoms with E-state index in [9.17, 15) is 9.90 Å². The van der Waals surface area contributed by atoms with Gasteiger partial charge in [-0.15, -0.1) is 6.58 Å². The van der Waals surface area contributed by atoms with Gasteiger partial charge in [-0.2, -0.15) is 0 Å². The van der Waals surface area contributed by atoms with Crippen LogP contribution in [0.1, 0.15) is 33.6 Å². The molecular weight excluding hydrogens is 206 g/mol. The Morgan fingerprint density at radius 2 is 2.31 bits per heavy atom. The van der Waals surface area contributed by atoms with Crippen LogP contribution in [0.4, 0.5) is 4.79 Å². The zero-order valence-corrected chi connectivity index (χ0v) is 10.2. The van der Waals surface area contributed by atoms with E-state index in [-0.39, 0.29) is 12.5 Å². The van der Waals surface area contributed by atoms with Crippen LogP contribution < -0.4 is 5.32 Å². The maximum absolute atomic E-state index is 11.6. The van der Waals surface area contributed by atoms with Gasteiger partial charge in [0.1, 0.15) is 5.60 Å². The fourth-order valence-electron chi connectivity index (χ4n) is 1.78. The van der Waals surface area contributed by atoms with Crippen molar-refractivity contribution in [3.8, 4) is 0 Å². The van der Waals surface area contributed by atoms with Crippen molar-refractivity contribution in [2.75, 3.05) is 6.61 Å². The number of alkyl carbamates (subject to hydrolysis) is 1. The first-order chi connectivity index (χ1) is 7.33. The van der Waals surface area contributed by atoms with Gasteiger partial charge in [0, 0.05) is 0 Å². The van der Waals surface area contributed by atoms with Gasteiger partial charge < -0.3 is 15.2 Å². The normalized spacial score (nSPS) is 28.4. The first-order valence-corrected chi connectivity index (χ1v) is 5.56. The van der Waals surface area contributed by atoms with Crippen LogP contribution >= 0.6 is 0 Å². The van der Waals surface area contributed by atoms with E-state index < -0.39 is 17.2 Å². The third kappa shape index (κ3) is 3.23. The van der Waals surface area contributed by atoms with Crippen molar-refractivity contribution in [2.24, 2.45) is 5.92 Å². The Balaban J connectivity index is 2.47. The number of aliphatic hydroxyl groups is 1. The number of ether oxygens (including phenoxy) is 1. The van der Waals surface area contributed by atoms with E-state index in [1.165, 1.54) is 0 Å². The van der Waals surface area contributed by atoms with Crippen molar-refractivity contribution in [3.63, 3.8) is 0 Å². The molecule has 0 aromatic heterocycles. The molecular formula is C12H21NO3. The van der Waals surface area contributed by atoms with E-state index in [1.54, 1.807) is 6.08 Å². The van der Waals surface area contributed by atoms with Gasteiger partial charge in [0.05, 0.1) is 12.1 Å². The van der Waals surface area contributed by atoms with Gasteiger partial charge in [-0.25, -0.2) is 4.79 Å². The number of amides is 1. The summed E-state index contributed by atoms with van der Waals surface area (Å²) in [4.78, 5) is 11.6. The molecule has 1 rings (SSSR count). The lowest BCUT2D eigenvalue weighted by Gasteiger charge is -2.23. The van der Waals surface area contributed by atoms with E-state index in [4.69, 9.17) is 4.74 Å². The highest BCUT2D eigenvalue weighted by atomic mass is 16.6. The molecule has 16 heavy (non-hydrogen) atoms. The lowest BCUT2D eigenvalue weighted by Crippen LogP contribution is -2.44. The predicted molar refractivity (Wildman–Crippen MR) is 62.1 cm³/mol. The highest BCUT2D eigenvalue weighted by Gasteiger charge is 2.54.